The number of ether oxygens (including phenoxy) is 1. The number of benzene rings is 2. The van der Waals surface area contributed by atoms with Crippen molar-refractivity contribution in [1.29, 1.82) is 0 Å². The molecule has 1 N–H and O–H groups in total. The average Bonchev–Trinajstić information content (AvgIpc) is 2.42. The molecular weight excluding hydrogens is 264 g/mol. The minimum atomic E-state index is -1.16. The van der Waals surface area contributed by atoms with Crippen LogP contribution in [0.3, 0.4) is 0 Å². The van der Waals surface area contributed by atoms with Gasteiger partial charge in [-0.2, -0.15) is 0 Å². The van der Waals surface area contributed by atoms with Gasteiger partial charge in [-0.3, -0.25) is 4.79 Å². The lowest BCUT2D eigenvalue weighted by Gasteiger charge is -2.08. The SMILES string of the molecule is CCOc1cccc(NC(=O)c2cccc(F)c2F)c1. The molecule has 2 aromatic carbocycles. The van der Waals surface area contributed by atoms with Crippen LogP contribution >= 0.6 is 0 Å². The number of rotatable bonds is 4. The van der Waals surface area contributed by atoms with Crippen LogP contribution in [0.4, 0.5) is 14.5 Å². The first-order valence-corrected chi connectivity index (χ1v) is 6.10. The fourth-order valence-corrected chi connectivity index (χ4v) is 1.71. The maximum atomic E-state index is 13.5. The summed E-state index contributed by atoms with van der Waals surface area (Å²) in [7, 11) is 0. The largest absolute Gasteiger partial charge is 0.494 e. The van der Waals surface area contributed by atoms with E-state index in [4.69, 9.17) is 4.74 Å². The number of carbonyl (C=O) groups is 1. The first kappa shape index (κ1) is 14.0. The van der Waals surface area contributed by atoms with Gasteiger partial charge >= 0.3 is 0 Å². The highest BCUT2D eigenvalue weighted by Crippen LogP contribution is 2.19. The molecule has 0 saturated carbocycles. The summed E-state index contributed by atoms with van der Waals surface area (Å²) in [5.74, 6) is -2.34. The summed E-state index contributed by atoms with van der Waals surface area (Å²) in [6, 6.07) is 10.1. The van der Waals surface area contributed by atoms with Gasteiger partial charge in [-0.15, -0.1) is 0 Å². The number of amides is 1. The summed E-state index contributed by atoms with van der Waals surface area (Å²) in [4.78, 5) is 11.9. The van der Waals surface area contributed by atoms with E-state index in [-0.39, 0.29) is 5.56 Å². The zero-order chi connectivity index (χ0) is 14.5. The molecule has 2 rings (SSSR count). The summed E-state index contributed by atoms with van der Waals surface area (Å²) >= 11 is 0. The van der Waals surface area contributed by atoms with Gasteiger partial charge < -0.3 is 10.1 Å². The highest BCUT2D eigenvalue weighted by Gasteiger charge is 2.15. The van der Waals surface area contributed by atoms with Gasteiger partial charge in [0.2, 0.25) is 0 Å². The van der Waals surface area contributed by atoms with E-state index in [0.29, 0.717) is 18.0 Å². The summed E-state index contributed by atoms with van der Waals surface area (Å²) in [6.45, 7) is 2.34. The molecule has 0 aliphatic heterocycles. The van der Waals surface area contributed by atoms with Gasteiger partial charge in [0.1, 0.15) is 5.75 Å². The van der Waals surface area contributed by atoms with Gasteiger partial charge in [-0.05, 0) is 31.2 Å². The highest BCUT2D eigenvalue weighted by atomic mass is 19.2. The van der Waals surface area contributed by atoms with Crippen molar-refractivity contribution in [3.63, 3.8) is 0 Å². The molecule has 3 nitrogen and oxygen atoms in total. The van der Waals surface area contributed by atoms with Gasteiger partial charge in [0.25, 0.3) is 5.91 Å². The molecule has 0 aliphatic carbocycles. The van der Waals surface area contributed by atoms with E-state index in [1.54, 1.807) is 24.3 Å². The summed E-state index contributed by atoms with van der Waals surface area (Å²) in [6.07, 6.45) is 0. The van der Waals surface area contributed by atoms with Crippen LogP contribution in [0.25, 0.3) is 0 Å². The van der Waals surface area contributed by atoms with Crippen LogP contribution in [-0.2, 0) is 0 Å². The van der Waals surface area contributed by atoms with Crippen molar-refractivity contribution in [3.05, 3.63) is 59.7 Å². The maximum absolute atomic E-state index is 13.5. The van der Waals surface area contributed by atoms with Crippen LogP contribution in [0.1, 0.15) is 17.3 Å². The number of hydrogen-bond donors (Lipinski definition) is 1. The van der Waals surface area contributed by atoms with Gasteiger partial charge in [0.15, 0.2) is 11.6 Å². The molecule has 0 aliphatic rings. The van der Waals surface area contributed by atoms with E-state index in [9.17, 15) is 13.6 Å². The van der Waals surface area contributed by atoms with Crippen molar-refractivity contribution in [2.75, 3.05) is 11.9 Å². The molecule has 1 amide bonds. The molecule has 0 bridgehead atoms. The Hall–Kier alpha value is -2.43. The quantitative estimate of drug-likeness (QED) is 0.927. The Balaban J connectivity index is 2.19. The summed E-state index contributed by atoms with van der Waals surface area (Å²) in [5, 5.41) is 2.50. The van der Waals surface area contributed by atoms with Crippen LogP contribution in [0, 0.1) is 11.6 Å². The third-order valence-corrected chi connectivity index (χ3v) is 2.60. The monoisotopic (exact) mass is 277 g/mol. The molecule has 0 radical (unpaired) electrons. The topological polar surface area (TPSA) is 38.3 Å². The third-order valence-electron chi connectivity index (χ3n) is 2.60. The minimum Gasteiger partial charge on any atom is -0.494 e. The zero-order valence-electron chi connectivity index (χ0n) is 10.8. The predicted octanol–water partition coefficient (Wildman–Crippen LogP) is 3.62. The van der Waals surface area contributed by atoms with E-state index in [0.717, 1.165) is 6.07 Å². The number of halogens is 2. The van der Waals surface area contributed by atoms with E-state index in [1.165, 1.54) is 12.1 Å². The fraction of sp³-hybridized carbons (Fsp3) is 0.133. The third kappa shape index (κ3) is 3.12. The van der Waals surface area contributed by atoms with Crippen molar-refractivity contribution < 1.29 is 18.3 Å². The van der Waals surface area contributed by atoms with Crippen LogP contribution in [0.15, 0.2) is 42.5 Å². The molecule has 0 heterocycles. The number of anilines is 1. The molecule has 5 heteroatoms. The standard InChI is InChI=1S/C15H13F2NO2/c1-2-20-11-6-3-5-10(9-11)18-15(19)12-7-4-8-13(16)14(12)17/h3-9H,2H2,1H3,(H,18,19). The van der Waals surface area contributed by atoms with Crippen LogP contribution in [0.5, 0.6) is 5.75 Å². The summed E-state index contributed by atoms with van der Waals surface area (Å²) < 4.78 is 31.9. The molecule has 0 aromatic heterocycles. The van der Waals surface area contributed by atoms with Crippen LogP contribution in [0.2, 0.25) is 0 Å². The van der Waals surface area contributed by atoms with E-state index in [1.807, 2.05) is 6.92 Å². The highest BCUT2D eigenvalue weighted by molar-refractivity contribution is 6.04. The molecule has 0 unspecified atom stereocenters. The number of hydrogen-bond acceptors (Lipinski definition) is 2. The lowest BCUT2D eigenvalue weighted by Crippen LogP contribution is -2.14. The Bertz CT molecular complexity index is 629. The summed E-state index contributed by atoms with van der Waals surface area (Å²) in [5.41, 5.74) is 0.108. The van der Waals surface area contributed by atoms with Crippen molar-refractivity contribution in [2.45, 2.75) is 6.92 Å². The second kappa shape index (κ2) is 6.14. The maximum Gasteiger partial charge on any atom is 0.258 e. The van der Waals surface area contributed by atoms with Crippen LogP contribution < -0.4 is 10.1 Å². The van der Waals surface area contributed by atoms with Gasteiger partial charge in [-0.1, -0.05) is 12.1 Å². The Morgan fingerprint density at radius 2 is 1.95 bits per heavy atom. The molecule has 0 atom stereocenters. The molecule has 0 fully saturated rings. The normalized spacial score (nSPS) is 10.2. The second-order valence-electron chi connectivity index (χ2n) is 4.02. The average molecular weight is 277 g/mol. The Labute approximate surface area is 115 Å². The van der Waals surface area contributed by atoms with Crippen LogP contribution in [-0.4, -0.2) is 12.5 Å². The lowest BCUT2D eigenvalue weighted by molar-refractivity contribution is 0.102. The van der Waals surface area contributed by atoms with E-state index >= 15 is 0 Å². The van der Waals surface area contributed by atoms with Crippen molar-refractivity contribution in [1.82, 2.24) is 0 Å². The van der Waals surface area contributed by atoms with E-state index in [2.05, 4.69) is 5.32 Å². The minimum absolute atomic E-state index is 0.341. The van der Waals surface area contributed by atoms with Crippen molar-refractivity contribution in [2.24, 2.45) is 0 Å². The Kier molecular flexibility index (Phi) is 4.30. The van der Waals surface area contributed by atoms with Gasteiger partial charge in [0.05, 0.1) is 12.2 Å². The van der Waals surface area contributed by atoms with Gasteiger partial charge in [-0.25, -0.2) is 8.78 Å². The first-order chi connectivity index (χ1) is 9.61. The Morgan fingerprint density at radius 3 is 2.70 bits per heavy atom. The smallest absolute Gasteiger partial charge is 0.258 e. The number of carbonyl (C=O) groups excluding carboxylic acids is 1. The fourth-order valence-electron chi connectivity index (χ4n) is 1.71. The van der Waals surface area contributed by atoms with Gasteiger partial charge in [0, 0.05) is 11.8 Å². The molecule has 0 spiro atoms. The number of nitrogens with one attached hydrogen (secondary N) is 1. The molecule has 0 saturated heterocycles. The molecule has 104 valence electrons. The van der Waals surface area contributed by atoms with E-state index < -0.39 is 17.5 Å². The lowest BCUT2D eigenvalue weighted by atomic mass is 10.2. The zero-order valence-corrected chi connectivity index (χ0v) is 10.8. The second-order valence-corrected chi connectivity index (χ2v) is 4.02. The molecule has 20 heavy (non-hydrogen) atoms. The molecular formula is C15H13F2NO2. The molecule has 2 aromatic rings. The van der Waals surface area contributed by atoms with Crippen molar-refractivity contribution >= 4 is 11.6 Å². The predicted molar refractivity (Wildman–Crippen MR) is 71.9 cm³/mol. The Morgan fingerprint density at radius 1 is 1.20 bits per heavy atom. The van der Waals surface area contributed by atoms with Crippen molar-refractivity contribution in [3.8, 4) is 5.75 Å². The first-order valence-electron chi connectivity index (χ1n) is 6.10.